The van der Waals surface area contributed by atoms with E-state index in [1.54, 1.807) is 0 Å². The predicted molar refractivity (Wildman–Crippen MR) is 67.0 cm³/mol. The van der Waals surface area contributed by atoms with Gasteiger partial charge >= 0.3 is 0 Å². The Morgan fingerprint density at radius 1 is 1.25 bits per heavy atom. The normalized spacial score (nSPS) is 25.9. The lowest BCUT2D eigenvalue weighted by molar-refractivity contribution is -0.122. The minimum atomic E-state index is -0.105. The van der Waals surface area contributed by atoms with Crippen LogP contribution in [0.2, 0.25) is 0 Å². The molecule has 3 nitrogen and oxygen atoms in total. The summed E-state index contributed by atoms with van der Waals surface area (Å²) in [6.45, 7) is 5.56. The maximum Gasteiger partial charge on any atom is 0.220 e. The Morgan fingerprint density at radius 2 is 1.81 bits per heavy atom. The Kier molecular flexibility index (Phi) is 5.81. The average Bonchev–Trinajstić information content (AvgIpc) is 2.31. The van der Waals surface area contributed by atoms with E-state index in [9.17, 15) is 4.79 Å². The summed E-state index contributed by atoms with van der Waals surface area (Å²) in [4.78, 5) is 11.0. The molecule has 94 valence electrons. The first kappa shape index (κ1) is 13.5. The topological polar surface area (TPSA) is 55.1 Å². The molecule has 0 aliphatic heterocycles. The highest BCUT2D eigenvalue weighted by Crippen LogP contribution is 2.28. The van der Waals surface area contributed by atoms with Gasteiger partial charge in [0.05, 0.1) is 0 Å². The van der Waals surface area contributed by atoms with Crippen LogP contribution in [0.1, 0.15) is 52.4 Å². The number of hydrogen-bond donors (Lipinski definition) is 2. The molecule has 0 radical (unpaired) electrons. The van der Waals surface area contributed by atoms with Gasteiger partial charge in [0.2, 0.25) is 5.91 Å². The summed E-state index contributed by atoms with van der Waals surface area (Å²) in [5.74, 6) is 0.784. The molecular formula is C13H26N2O. The summed E-state index contributed by atoms with van der Waals surface area (Å²) < 4.78 is 0. The third kappa shape index (κ3) is 4.12. The third-order valence-corrected chi connectivity index (χ3v) is 3.93. The van der Waals surface area contributed by atoms with Gasteiger partial charge < -0.3 is 11.1 Å². The van der Waals surface area contributed by atoms with Crippen molar-refractivity contribution in [1.29, 1.82) is 0 Å². The molecule has 1 aliphatic rings. The number of nitrogens with one attached hydrogen (secondary N) is 1. The van der Waals surface area contributed by atoms with Crippen molar-refractivity contribution < 1.29 is 4.79 Å². The highest BCUT2D eigenvalue weighted by Gasteiger charge is 2.24. The summed E-state index contributed by atoms with van der Waals surface area (Å²) in [7, 11) is 0. The molecule has 0 bridgehead atoms. The van der Waals surface area contributed by atoms with Crippen LogP contribution in [0.3, 0.4) is 0 Å². The molecule has 1 saturated carbocycles. The lowest BCUT2D eigenvalue weighted by atomic mass is 9.81. The molecule has 0 unspecified atom stereocenters. The van der Waals surface area contributed by atoms with Crippen LogP contribution in [0, 0.1) is 11.8 Å². The maximum absolute atomic E-state index is 11.0. The number of hydrogen-bond acceptors (Lipinski definition) is 2. The molecule has 0 saturated heterocycles. The molecule has 16 heavy (non-hydrogen) atoms. The van der Waals surface area contributed by atoms with E-state index in [2.05, 4.69) is 19.2 Å². The van der Waals surface area contributed by atoms with Crippen molar-refractivity contribution in [2.24, 2.45) is 17.6 Å². The predicted octanol–water partition coefficient (Wildman–Crippen LogP) is 2.06. The Hall–Kier alpha value is -0.570. The van der Waals surface area contributed by atoms with Crippen LogP contribution in [-0.2, 0) is 4.79 Å². The lowest BCUT2D eigenvalue weighted by Crippen LogP contribution is -2.35. The van der Waals surface area contributed by atoms with Crippen LogP contribution in [-0.4, -0.2) is 18.5 Å². The monoisotopic (exact) mass is 226 g/mol. The zero-order valence-corrected chi connectivity index (χ0v) is 10.7. The molecule has 0 aromatic carbocycles. The van der Waals surface area contributed by atoms with E-state index < -0.39 is 0 Å². The highest BCUT2D eigenvalue weighted by atomic mass is 16.1. The van der Waals surface area contributed by atoms with E-state index in [0.717, 1.165) is 38.1 Å². The van der Waals surface area contributed by atoms with Crippen molar-refractivity contribution >= 4 is 5.91 Å². The molecule has 3 N–H and O–H groups in total. The van der Waals surface area contributed by atoms with E-state index in [1.165, 1.54) is 12.8 Å². The van der Waals surface area contributed by atoms with Gasteiger partial charge in [-0.2, -0.15) is 0 Å². The Labute approximate surface area is 99.2 Å². The van der Waals surface area contributed by atoms with Gasteiger partial charge in [0, 0.05) is 12.0 Å². The number of nitrogens with two attached hydrogens (primary N) is 1. The van der Waals surface area contributed by atoms with Crippen molar-refractivity contribution in [3.8, 4) is 0 Å². The Bertz CT molecular complexity index is 206. The van der Waals surface area contributed by atoms with Gasteiger partial charge in [0.25, 0.3) is 0 Å². The molecule has 1 rings (SSSR count). The van der Waals surface area contributed by atoms with Crippen LogP contribution < -0.4 is 11.1 Å². The van der Waals surface area contributed by atoms with Crippen LogP contribution in [0.5, 0.6) is 0 Å². The number of carbonyl (C=O) groups is 1. The van der Waals surface area contributed by atoms with Crippen molar-refractivity contribution in [1.82, 2.24) is 5.32 Å². The maximum atomic E-state index is 11.0. The molecule has 0 aromatic rings. The molecule has 0 aromatic heterocycles. The molecule has 0 heterocycles. The zero-order valence-electron chi connectivity index (χ0n) is 10.7. The smallest absolute Gasteiger partial charge is 0.220 e. The third-order valence-electron chi connectivity index (χ3n) is 3.93. The molecule has 1 fully saturated rings. The average molecular weight is 226 g/mol. The van der Waals surface area contributed by atoms with Crippen LogP contribution in [0.4, 0.5) is 0 Å². The second-order valence-corrected chi connectivity index (χ2v) is 5.04. The van der Waals surface area contributed by atoms with Gasteiger partial charge in [-0.1, -0.05) is 13.8 Å². The van der Waals surface area contributed by atoms with Gasteiger partial charge in [-0.25, -0.2) is 0 Å². The first-order valence-electron chi connectivity index (χ1n) is 6.70. The fourth-order valence-electron chi connectivity index (χ4n) is 2.56. The van der Waals surface area contributed by atoms with E-state index in [1.807, 2.05) is 0 Å². The van der Waals surface area contributed by atoms with Crippen molar-refractivity contribution in [2.45, 2.75) is 58.4 Å². The van der Waals surface area contributed by atoms with Gasteiger partial charge in [-0.3, -0.25) is 4.79 Å². The first-order valence-corrected chi connectivity index (χ1v) is 6.70. The van der Waals surface area contributed by atoms with Crippen molar-refractivity contribution in [3.05, 3.63) is 0 Å². The molecular weight excluding hydrogens is 200 g/mol. The van der Waals surface area contributed by atoms with E-state index >= 15 is 0 Å². The fourth-order valence-corrected chi connectivity index (χ4v) is 2.56. The van der Waals surface area contributed by atoms with Crippen LogP contribution >= 0.6 is 0 Å². The molecule has 0 spiro atoms. The van der Waals surface area contributed by atoms with Crippen LogP contribution in [0.15, 0.2) is 0 Å². The number of amides is 1. The second-order valence-electron chi connectivity index (χ2n) is 5.04. The number of rotatable bonds is 6. The van der Waals surface area contributed by atoms with Gasteiger partial charge in [-0.05, 0) is 51.0 Å². The summed E-state index contributed by atoms with van der Waals surface area (Å²) in [6, 6.07) is 0.661. The quantitative estimate of drug-likeness (QED) is 0.728. The van der Waals surface area contributed by atoms with E-state index in [-0.39, 0.29) is 11.8 Å². The zero-order chi connectivity index (χ0) is 12.0. The van der Waals surface area contributed by atoms with E-state index in [4.69, 9.17) is 5.73 Å². The molecule has 1 aliphatic carbocycles. The van der Waals surface area contributed by atoms with Crippen LogP contribution in [0.25, 0.3) is 0 Å². The van der Waals surface area contributed by atoms with Crippen molar-refractivity contribution in [2.75, 3.05) is 6.54 Å². The first-order chi connectivity index (χ1) is 7.67. The molecule has 3 heteroatoms. The standard InChI is InChI=1S/C13H26N2O/c1-3-12(4-2)15-9-10-5-7-11(8-6-10)13(14)16/h10-12,15H,3-9H2,1-2H3,(H2,14,16). The summed E-state index contributed by atoms with van der Waals surface area (Å²) in [5.41, 5.74) is 5.32. The summed E-state index contributed by atoms with van der Waals surface area (Å²) in [6.07, 6.45) is 6.69. The fraction of sp³-hybridized carbons (Fsp3) is 0.923. The summed E-state index contributed by atoms with van der Waals surface area (Å²) in [5, 5.41) is 3.62. The number of carbonyl (C=O) groups excluding carboxylic acids is 1. The largest absolute Gasteiger partial charge is 0.369 e. The number of primary amides is 1. The highest BCUT2D eigenvalue weighted by molar-refractivity contribution is 5.76. The van der Waals surface area contributed by atoms with Gasteiger partial charge in [0.1, 0.15) is 0 Å². The molecule has 0 atom stereocenters. The Morgan fingerprint density at radius 3 is 2.25 bits per heavy atom. The van der Waals surface area contributed by atoms with E-state index in [0.29, 0.717) is 6.04 Å². The second kappa shape index (κ2) is 6.89. The Balaban J connectivity index is 2.19. The van der Waals surface area contributed by atoms with Gasteiger partial charge in [-0.15, -0.1) is 0 Å². The SMILES string of the molecule is CCC(CC)NCC1CCC(C(N)=O)CC1. The minimum Gasteiger partial charge on any atom is -0.369 e. The minimum absolute atomic E-state index is 0.105. The van der Waals surface area contributed by atoms with Crippen molar-refractivity contribution in [3.63, 3.8) is 0 Å². The summed E-state index contributed by atoms with van der Waals surface area (Å²) >= 11 is 0. The lowest BCUT2D eigenvalue weighted by Gasteiger charge is -2.28. The van der Waals surface area contributed by atoms with Gasteiger partial charge in [0.15, 0.2) is 0 Å². The molecule has 1 amide bonds.